The molecule has 4 nitrogen and oxygen atoms in total. The minimum Gasteiger partial charge on any atom is -0.340 e. The molecule has 1 amide bonds. The molecule has 0 radical (unpaired) electrons. The van der Waals surface area contributed by atoms with Crippen molar-refractivity contribution in [1.82, 2.24) is 15.1 Å². The summed E-state index contributed by atoms with van der Waals surface area (Å²) in [5, 5.41) is 3.83. The van der Waals surface area contributed by atoms with Crippen LogP contribution in [0.2, 0.25) is 5.02 Å². The van der Waals surface area contributed by atoms with Gasteiger partial charge in [-0.3, -0.25) is 9.69 Å². The lowest BCUT2D eigenvalue weighted by molar-refractivity contribution is -0.132. The zero-order valence-electron chi connectivity index (χ0n) is 15.3. The molecular weight excluding hydrogens is 425 g/mol. The van der Waals surface area contributed by atoms with Gasteiger partial charge in [0.25, 0.3) is 0 Å². The van der Waals surface area contributed by atoms with Gasteiger partial charge in [-0.15, -0.1) is 36.2 Å². The minimum absolute atomic E-state index is 0. The van der Waals surface area contributed by atoms with E-state index in [0.717, 1.165) is 49.9 Å². The summed E-state index contributed by atoms with van der Waals surface area (Å²) >= 11 is 8.09. The summed E-state index contributed by atoms with van der Waals surface area (Å²) in [5.74, 6) is 0.256. The molecule has 1 fully saturated rings. The van der Waals surface area contributed by atoms with Gasteiger partial charge in [0.15, 0.2) is 0 Å². The number of hydrogen-bond acceptors (Lipinski definition) is 4. The molecule has 0 unspecified atom stereocenters. The molecule has 8 heteroatoms. The lowest BCUT2D eigenvalue weighted by atomic mass is 10.2. The fraction of sp³-hybridized carbons (Fsp3) is 0.421. The molecule has 1 aliphatic rings. The smallest absolute Gasteiger partial charge is 0.223 e. The molecule has 0 bridgehead atoms. The Hall–Kier alpha value is -0.820. The van der Waals surface area contributed by atoms with Crippen LogP contribution in [0.3, 0.4) is 0 Å². The summed E-state index contributed by atoms with van der Waals surface area (Å²) in [7, 11) is 1.88. The van der Waals surface area contributed by atoms with Gasteiger partial charge in [-0.25, -0.2) is 0 Å². The van der Waals surface area contributed by atoms with Crippen LogP contribution < -0.4 is 5.32 Å². The fourth-order valence-electron chi connectivity index (χ4n) is 3.03. The Bertz CT molecular complexity index is 718. The predicted octanol–water partition coefficient (Wildman–Crippen LogP) is 4.17. The van der Waals surface area contributed by atoms with Crippen molar-refractivity contribution >= 4 is 53.7 Å². The topological polar surface area (TPSA) is 35.6 Å². The van der Waals surface area contributed by atoms with Crippen molar-refractivity contribution in [2.75, 3.05) is 39.8 Å². The summed E-state index contributed by atoms with van der Waals surface area (Å²) in [4.78, 5) is 19.0. The van der Waals surface area contributed by atoms with Gasteiger partial charge < -0.3 is 10.2 Å². The molecule has 2 heterocycles. The lowest BCUT2D eigenvalue weighted by Crippen LogP contribution is -2.48. The highest BCUT2D eigenvalue weighted by Gasteiger charge is 2.21. The number of halogens is 3. The van der Waals surface area contributed by atoms with Crippen molar-refractivity contribution < 1.29 is 4.79 Å². The Kier molecular flexibility index (Phi) is 10.7. The molecule has 1 aliphatic heterocycles. The molecule has 0 saturated carbocycles. The minimum atomic E-state index is 0. The van der Waals surface area contributed by atoms with Crippen LogP contribution in [-0.4, -0.2) is 55.5 Å². The molecule has 1 aromatic heterocycles. The van der Waals surface area contributed by atoms with E-state index < -0.39 is 0 Å². The van der Waals surface area contributed by atoms with Crippen molar-refractivity contribution in [3.8, 4) is 10.4 Å². The van der Waals surface area contributed by atoms with E-state index in [1.807, 2.05) is 30.1 Å². The zero-order chi connectivity index (χ0) is 17.6. The maximum Gasteiger partial charge on any atom is 0.223 e. The molecule has 27 heavy (non-hydrogen) atoms. The van der Waals surface area contributed by atoms with E-state index in [2.05, 4.69) is 28.4 Å². The van der Waals surface area contributed by atoms with Crippen LogP contribution >= 0.6 is 47.8 Å². The summed E-state index contributed by atoms with van der Waals surface area (Å²) in [6.45, 7) is 5.21. The first-order valence-electron chi connectivity index (χ1n) is 8.65. The average molecular weight is 451 g/mol. The monoisotopic (exact) mass is 449 g/mol. The fourth-order valence-corrected chi connectivity index (χ4v) is 4.42. The van der Waals surface area contributed by atoms with Crippen LogP contribution in [-0.2, 0) is 11.3 Å². The molecule has 1 N–H and O–H groups in total. The number of nitrogens with zero attached hydrogens (tertiary/aromatic N) is 2. The van der Waals surface area contributed by atoms with E-state index in [0.29, 0.717) is 6.42 Å². The molecule has 0 aliphatic carbocycles. The highest BCUT2D eigenvalue weighted by atomic mass is 35.5. The number of amides is 1. The first-order valence-corrected chi connectivity index (χ1v) is 9.85. The molecule has 150 valence electrons. The van der Waals surface area contributed by atoms with Crippen LogP contribution in [0.25, 0.3) is 10.4 Å². The number of carbonyl (C=O) groups excluding carboxylic acids is 1. The highest BCUT2D eigenvalue weighted by Crippen LogP contribution is 2.33. The van der Waals surface area contributed by atoms with Gasteiger partial charge in [-0.05, 0) is 25.2 Å². The van der Waals surface area contributed by atoms with Gasteiger partial charge >= 0.3 is 0 Å². The maximum atomic E-state index is 12.1. The Morgan fingerprint density at radius 3 is 2.48 bits per heavy atom. The Balaban J connectivity index is 0.00000182. The van der Waals surface area contributed by atoms with Gasteiger partial charge in [0.2, 0.25) is 5.91 Å². The number of hydrogen-bond donors (Lipinski definition) is 1. The molecule has 2 aromatic rings. The molecule has 0 spiro atoms. The van der Waals surface area contributed by atoms with E-state index in [-0.39, 0.29) is 30.7 Å². The first kappa shape index (κ1) is 24.2. The van der Waals surface area contributed by atoms with Gasteiger partial charge in [-0.1, -0.05) is 29.8 Å². The van der Waals surface area contributed by atoms with Crippen molar-refractivity contribution in [3.05, 3.63) is 46.3 Å². The molecular formula is C19H26Cl3N3OS. The largest absolute Gasteiger partial charge is 0.340 e. The number of thiophene rings is 1. The highest BCUT2D eigenvalue weighted by molar-refractivity contribution is 7.15. The average Bonchev–Trinajstić information content (AvgIpc) is 3.09. The third-order valence-corrected chi connectivity index (χ3v) is 5.93. The van der Waals surface area contributed by atoms with Gasteiger partial charge in [0.1, 0.15) is 0 Å². The third-order valence-electron chi connectivity index (χ3n) is 4.49. The zero-order valence-corrected chi connectivity index (χ0v) is 18.5. The Morgan fingerprint density at radius 2 is 1.81 bits per heavy atom. The maximum absolute atomic E-state index is 12.1. The van der Waals surface area contributed by atoms with Crippen LogP contribution in [0.15, 0.2) is 36.4 Å². The van der Waals surface area contributed by atoms with Crippen molar-refractivity contribution in [3.63, 3.8) is 0 Å². The van der Waals surface area contributed by atoms with Gasteiger partial charge in [0.05, 0.1) is 0 Å². The van der Waals surface area contributed by atoms with Crippen molar-refractivity contribution in [1.29, 1.82) is 0 Å². The summed E-state index contributed by atoms with van der Waals surface area (Å²) in [5.41, 5.74) is 1.10. The molecule has 1 saturated heterocycles. The number of benzene rings is 1. The number of rotatable bonds is 6. The normalized spacial score (nSPS) is 14.4. The van der Waals surface area contributed by atoms with E-state index in [1.165, 1.54) is 9.75 Å². The second-order valence-corrected chi connectivity index (χ2v) is 7.83. The quantitative estimate of drug-likeness (QED) is 0.717. The molecule has 0 atom stereocenters. The summed E-state index contributed by atoms with van der Waals surface area (Å²) in [6, 6.07) is 12.3. The lowest BCUT2D eigenvalue weighted by Gasteiger charge is -2.34. The Morgan fingerprint density at radius 1 is 1.11 bits per heavy atom. The van der Waals surface area contributed by atoms with E-state index in [4.69, 9.17) is 11.6 Å². The second kappa shape index (κ2) is 11.9. The van der Waals surface area contributed by atoms with E-state index >= 15 is 0 Å². The van der Waals surface area contributed by atoms with Crippen molar-refractivity contribution in [2.24, 2.45) is 0 Å². The van der Waals surface area contributed by atoms with Gasteiger partial charge in [-0.2, -0.15) is 0 Å². The first-order chi connectivity index (χ1) is 12.2. The van der Waals surface area contributed by atoms with E-state index in [9.17, 15) is 4.79 Å². The SMILES string of the molecule is CNCCC(=O)N1CCN(Cc2ccc(-c3ccccc3Cl)s2)CC1.Cl.Cl. The van der Waals surface area contributed by atoms with E-state index in [1.54, 1.807) is 11.3 Å². The van der Waals surface area contributed by atoms with Crippen LogP contribution in [0.5, 0.6) is 0 Å². The number of nitrogens with one attached hydrogen (secondary N) is 1. The van der Waals surface area contributed by atoms with Crippen LogP contribution in [0.4, 0.5) is 0 Å². The second-order valence-electron chi connectivity index (χ2n) is 6.26. The number of piperazine rings is 1. The van der Waals surface area contributed by atoms with Crippen LogP contribution in [0, 0.1) is 0 Å². The van der Waals surface area contributed by atoms with Crippen molar-refractivity contribution in [2.45, 2.75) is 13.0 Å². The van der Waals surface area contributed by atoms with Gasteiger partial charge in [0, 0.05) is 66.0 Å². The summed E-state index contributed by atoms with van der Waals surface area (Å²) in [6.07, 6.45) is 0.586. The molecule has 1 aromatic carbocycles. The Labute approximate surface area is 182 Å². The standard InChI is InChI=1S/C19H24ClN3OS.2ClH/c1-21-9-8-19(24)23-12-10-22(11-13-23)14-15-6-7-18(25-15)16-4-2-3-5-17(16)20;;/h2-7,21H,8-14H2,1H3;2*1H. The van der Waals surface area contributed by atoms with Crippen LogP contribution in [0.1, 0.15) is 11.3 Å². The predicted molar refractivity (Wildman–Crippen MR) is 120 cm³/mol. The molecule has 3 rings (SSSR count). The summed E-state index contributed by atoms with van der Waals surface area (Å²) < 4.78 is 0. The number of carbonyl (C=O) groups is 1. The third kappa shape index (κ3) is 6.63.